The lowest BCUT2D eigenvalue weighted by Crippen LogP contribution is -2.11. The number of aryl methyl sites for hydroxylation is 1. The second-order valence-corrected chi connectivity index (χ2v) is 7.14. The molecule has 0 aliphatic heterocycles. The minimum atomic E-state index is 0.129. The van der Waals surface area contributed by atoms with Crippen molar-refractivity contribution in [3.05, 3.63) is 41.2 Å². The third-order valence-electron chi connectivity index (χ3n) is 3.28. The molecule has 18 heavy (non-hydrogen) atoms. The molecule has 1 N–H and O–H groups in total. The Kier molecular flexibility index (Phi) is 3.95. The van der Waals surface area contributed by atoms with E-state index in [1.165, 1.54) is 17.0 Å². The molecule has 0 radical (unpaired) electrons. The van der Waals surface area contributed by atoms with Gasteiger partial charge in [0.2, 0.25) is 0 Å². The van der Waals surface area contributed by atoms with E-state index in [-0.39, 0.29) is 10.8 Å². The predicted molar refractivity (Wildman–Crippen MR) is 81.9 cm³/mol. The van der Waals surface area contributed by atoms with Crippen molar-refractivity contribution in [3.63, 3.8) is 0 Å². The fraction of sp³-hybridized carbons (Fsp3) is 0.529. The summed E-state index contributed by atoms with van der Waals surface area (Å²) < 4.78 is 0. The highest BCUT2D eigenvalue weighted by molar-refractivity contribution is 5.54. The van der Waals surface area contributed by atoms with Crippen molar-refractivity contribution in [2.24, 2.45) is 5.41 Å². The van der Waals surface area contributed by atoms with Crippen LogP contribution in [0.1, 0.15) is 58.5 Å². The Morgan fingerprint density at radius 2 is 1.72 bits per heavy atom. The first-order valence-corrected chi connectivity index (χ1v) is 6.59. The number of rotatable bonds is 2. The number of hydrogen-bond acceptors (Lipinski definition) is 0. The summed E-state index contributed by atoms with van der Waals surface area (Å²) in [7, 11) is 0. The smallest absolute Gasteiger partial charge is 0.0412 e. The Bertz CT molecular complexity index is 459. The van der Waals surface area contributed by atoms with Gasteiger partial charge in [-0.3, -0.25) is 0 Å². The van der Waals surface area contributed by atoms with E-state index >= 15 is 0 Å². The van der Waals surface area contributed by atoms with Crippen LogP contribution in [0.25, 0.3) is 6.08 Å². The Morgan fingerprint density at radius 1 is 1.17 bits per heavy atom. The standard InChI is InChI=1S/C17H27N/c1-12-11-15(17(6,7)8)18-14(12)10-9-13(2)16(3,4)5/h9-11,18H,2H2,1,3-8H3/b10-9-. The van der Waals surface area contributed by atoms with Crippen molar-refractivity contribution in [1.29, 1.82) is 0 Å². The molecule has 100 valence electrons. The van der Waals surface area contributed by atoms with E-state index in [9.17, 15) is 0 Å². The summed E-state index contributed by atoms with van der Waals surface area (Å²) in [5, 5.41) is 0. The molecule has 1 heterocycles. The number of aromatic amines is 1. The van der Waals surface area contributed by atoms with Crippen LogP contribution in [0.5, 0.6) is 0 Å². The van der Waals surface area contributed by atoms with Crippen LogP contribution in [0.3, 0.4) is 0 Å². The maximum Gasteiger partial charge on any atom is 0.0412 e. The second kappa shape index (κ2) is 4.79. The fourth-order valence-electron chi connectivity index (χ4n) is 1.59. The molecule has 0 fully saturated rings. The first-order valence-electron chi connectivity index (χ1n) is 6.59. The molecule has 0 spiro atoms. The van der Waals surface area contributed by atoms with Gasteiger partial charge in [0.25, 0.3) is 0 Å². The lowest BCUT2D eigenvalue weighted by molar-refractivity contribution is 0.519. The predicted octanol–water partition coefficient (Wildman–Crippen LogP) is 5.24. The topological polar surface area (TPSA) is 15.8 Å². The van der Waals surface area contributed by atoms with Gasteiger partial charge >= 0.3 is 0 Å². The van der Waals surface area contributed by atoms with Gasteiger partial charge in [0.1, 0.15) is 0 Å². The largest absolute Gasteiger partial charge is 0.358 e. The highest BCUT2D eigenvalue weighted by atomic mass is 14.7. The van der Waals surface area contributed by atoms with Crippen molar-refractivity contribution in [2.45, 2.75) is 53.9 Å². The molecular weight excluding hydrogens is 218 g/mol. The van der Waals surface area contributed by atoms with Crippen LogP contribution in [-0.2, 0) is 5.41 Å². The van der Waals surface area contributed by atoms with E-state index < -0.39 is 0 Å². The second-order valence-electron chi connectivity index (χ2n) is 7.14. The molecule has 0 unspecified atom stereocenters. The number of hydrogen-bond donors (Lipinski definition) is 1. The van der Waals surface area contributed by atoms with E-state index in [1.807, 2.05) is 0 Å². The van der Waals surface area contributed by atoms with Crippen LogP contribution < -0.4 is 0 Å². The quantitative estimate of drug-likeness (QED) is 0.686. The summed E-state index contributed by atoms with van der Waals surface area (Å²) in [5.74, 6) is 0. The van der Waals surface area contributed by atoms with Gasteiger partial charge in [0, 0.05) is 16.8 Å². The van der Waals surface area contributed by atoms with Crippen LogP contribution in [-0.4, -0.2) is 4.98 Å². The number of H-pyrrole nitrogens is 1. The lowest BCUT2D eigenvalue weighted by atomic mass is 9.87. The SMILES string of the molecule is C=C(/C=C\c1[nH]c(C(C)(C)C)cc1C)C(C)(C)C. The molecule has 0 amide bonds. The summed E-state index contributed by atoms with van der Waals surface area (Å²) in [5.41, 5.74) is 5.19. The molecule has 0 saturated heterocycles. The van der Waals surface area contributed by atoms with Gasteiger partial charge < -0.3 is 4.98 Å². The molecule has 0 aliphatic carbocycles. The van der Waals surface area contributed by atoms with E-state index in [2.05, 4.69) is 78.2 Å². The average molecular weight is 245 g/mol. The van der Waals surface area contributed by atoms with Crippen LogP contribution >= 0.6 is 0 Å². The molecule has 0 aliphatic rings. The van der Waals surface area contributed by atoms with E-state index in [4.69, 9.17) is 0 Å². The summed E-state index contributed by atoms with van der Waals surface area (Å²) in [6, 6.07) is 2.24. The molecule has 1 rings (SSSR count). The highest BCUT2D eigenvalue weighted by Crippen LogP contribution is 2.27. The van der Waals surface area contributed by atoms with Gasteiger partial charge in [0.15, 0.2) is 0 Å². The summed E-state index contributed by atoms with van der Waals surface area (Å²) in [6.07, 6.45) is 4.25. The van der Waals surface area contributed by atoms with Crippen LogP contribution in [0.2, 0.25) is 0 Å². The molecule has 1 nitrogen and oxygen atoms in total. The maximum absolute atomic E-state index is 4.13. The minimum absolute atomic E-state index is 0.129. The fourth-order valence-corrected chi connectivity index (χ4v) is 1.59. The summed E-state index contributed by atoms with van der Waals surface area (Å²) in [4.78, 5) is 3.50. The zero-order valence-electron chi connectivity index (χ0n) is 12.9. The van der Waals surface area contributed by atoms with Gasteiger partial charge in [-0.2, -0.15) is 0 Å². The molecule has 1 aromatic rings. The molecular formula is C17H27N. The lowest BCUT2D eigenvalue weighted by Gasteiger charge is -2.18. The van der Waals surface area contributed by atoms with Crippen molar-refractivity contribution in [3.8, 4) is 0 Å². The number of nitrogens with one attached hydrogen (secondary N) is 1. The Morgan fingerprint density at radius 3 is 2.11 bits per heavy atom. The monoisotopic (exact) mass is 245 g/mol. The zero-order chi connectivity index (χ0) is 14.1. The van der Waals surface area contributed by atoms with Crippen molar-refractivity contribution in [1.82, 2.24) is 4.98 Å². The van der Waals surface area contributed by atoms with Crippen LogP contribution in [0.4, 0.5) is 0 Å². The van der Waals surface area contributed by atoms with E-state index in [0.29, 0.717) is 0 Å². The maximum atomic E-state index is 4.13. The average Bonchev–Trinajstić information content (AvgIpc) is 2.54. The normalized spacial score (nSPS) is 13.3. The molecule has 1 aromatic heterocycles. The molecule has 0 saturated carbocycles. The van der Waals surface area contributed by atoms with Gasteiger partial charge in [0.05, 0.1) is 0 Å². The number of aromatic nitrogens is 1. The molecule has 0 bridgehead atoms. The number of allylic oxidation sites excluding steroid dienone is 2. The van der Waals surface area contributed by atoms with E-state index in [0.717, 1.165) is 5.57 Å². The summed E-state index contributed by atoms with van der Waals surface area (Å²) >= 11 is 0. The zero-order valence-corrected chi connectivity index (χ0v) is 12.9. The van der Waals surface area contributed by atoms with Gasteiger partial charge in [-0.15, -0.1) is 0 Å². The molecule has 0 aromatic carbocycles. The third-order valence-corrected chi connectivity index (χ3v) is 3.28. The summed E-state index contributed by atoms with van der Waals surface area (Å²) in [6.45, 7) is 19.5. The highest BCUT2D eigenvalue weighted by Gasteiger charge is 2.17. The van der Waals surface area contributed by atoms with Crippen LogP contribution in [0, 0.1) is 12.3 Å². The van der Waals surface area contributed by atoms with Crippen LogP contribution in [0.15, 0.2) is 24.3 Å². The van der Waals surface area contributed by atoms with Gasteiger partial charge in [-0.05, 0) is 35.6 Å². The van der Waals surface area contributed by atoms with Gasteiger partial charge in [-0.1, -0.05) is 54.2 Å². The Balaban J connectivity index is 2.97. The molecule has 1 heteroatoms. The van der Waals surface area contributed by atoms with Crippen molar-refractivity contribution >= 4 is 6.08 Å². The van der Waals surface area contributed by atoms with Gasteiger partial charge in [-0.25, -0.2) is 0 Å². The Hall–Kier alpha value is -1.24. The van der Waals surface area contributed by atoms with Crippen molar-refractivity contribution < 1.29 is 0 Å². The first kappa shape index (κ1) is 14.8. The van der Waals surface area contributed by atoms with Crippen molar-refractivity contribution in [2.75, 3.05) is 0 Å². The minimum Gasteiger partial charge on any atom is -0.358 e. The molecule has 0 atom stereocenters. The third kappa shape index (κ3) is 3.63. The first-order chi connectivity index (χ1) is 8.01. The van der Waals surface area contributed by atoms with E-state index in [1.54, 1.807) is 0 Å². The Labute approximate surface area is 112 Å².